The molecule has 0 aliphatic heterocycles. The van der Waals surface area contributed by atoms with Gasteiger partial charge in [0.15, 0.2) is 0 Å². The van der Waals surface area contributed by atoms with Crippen molar-refractivity contribution in [2.24, 2.45) is 5.73 Å². The van der Waals surface area contributed by atoms with Gasteiger partial charge >= 0.3 is 0 Å². The van der Waals surface area contributed by atoms with Crippen LogP contribution in [0.15, 0.2) is 34.9 Å². The molecule has 2 aromatic rings. The van der Waals surface area contributed by atoms with Gasteiger partial charge in [-0.15, -0.1) is 0 Å². The Kier molecular flexibility index (Phi) is 3.78. The van der Waals surface area contributed by atoms with Crippen LogP contribution in [0.3, 0.4) is 0 Å². The maximum absolute atomic E-state index is 11.0. The van der Waals surface area contributed by atoms with E-state index in [1.54, 1.807) is 16.9 Å². The monoisotopic (exact) mass is 308 g/mol. The van der Waals surface area contributed by atoms with Gasteiger partial charge in [0.1, 0.15) is 5.69 Å². The second kappa shape index (κ2) is 5.32. The standard InChI is InChI=1S/C12H13BrN4O/c1-15-7-8-6-9(13)2-3-11(8)17-5-4-10(16-17)12(14)18/h2-6,15H,7H2,1H3,(H2,14,18). The lowest BCUT2D eigenvalue weighted by Crippen LogP contribution is -2.13. The first-order valence-electron chi connectivity index (χ1n) is 5.40. The lowest BCUT2D eigenvalue weighted by atomic mass is 10.2. The minimum absolute atomic E-state index is 0.258. The summed E-state index contributed by atoms with van der Waals surface area (Å²) in [4.78, 5) is 11.0. The molecule has 0 spiro atoms. The van der Waals surface area contributed by atoms with Crippen LogP contribution in [-0.4, -0.2) is 22.7 Å². The van der Waals surface area contributed by atoms with E-state index in [-0.39, 0.29) is 5.69 Å². The number of nitrogens with one attached hydrogen (secondary N) is 1. The predicted octanol–water partition coefficient (Wildman–Crippen LogP) is 1.45. The second-order valence-electron chi connectivity index (χ2n) is 3.81. The molecule has 18 heavy (non-hydrogen) atoms. The summed E-state index contributed by atoms with van der Waals surface area (Å²) < 4.78 is 2.65. The molecule has 1 aromatic heterocycles. The zero-order valence-electron chi connectivity index (χ0n) is 9.85. The Morgan fingerprint density at radius 3 is 2.89 bits per heavy atom. The summed E-state index contributed by atoms with van der Waals surface area (Å²) in [6, 6.07) is 7.49. The summed E-state index contributed by atoms with van der Waals surface area (Å²) >= 11 is 3.44. The summed E-state index contributed by atoms with van der Waals surface area (Å²) in [7, 11) is 1.88. The summed E-state index contributed by atoms with van der Waals surface area (Å²) in [5, 5.41) is 7.25. The number of amides is 1. The highest BCUT2D eigenvalue weighted by Gasteiger charge is 2.09. The predicted molar refractivity (Wildman–Crippen MR) is 72.5 cm³/mol. The van der Waals surface area contributed by atoms with Crippen molar-refractivity contribution in [3.63, 3.8) is 0 Å². The van der Waals surface area contributed by atoms with Gasteiger partial charge in [0, 0.05) is 17.2 Å². The molecule has 94 valence electrons. The molecule has 5 nitrogen and oxygen atoms in total. The Bertz CT molecular complexity index is 579. The Hall–Kier alpha value is -1.66. The number of carbonyl (C=O) groups is 1. The number of nitrogens with two attached hydrogens (primary N) is 1. The average molecular weight is 309 g/mol. The van der Waals surface area contributed by atoms with Gasteiger partial charge in [-0.05, 0) is 36.9 Å². The zero-order chi connectivity index (χ0) is 13.1. The van der Waals surface area contributed by atoms with Gasteiger partial charge in [-0.2, -0.15) is 5.10 Å². The molecule has 0 aliphatic rings. The van der Waals surface area contributed by atoms with Crippen molar-refractivity contribution in [2.45, 2.75) is 6.54 Å². The summed E-state index contributed by atoms with van der Waals surface area (Å²) in [5.41, 5.74) is 7.44. The molecule has 3 N–H and O–H groups in total. The van der Waals surface area contributed by atoms with Gasteiger partial charge in [-0.1, -0.05) is 15.9 Å². The maximum atomic E-state index is 11.0. The molecule has 1 aromatic carbocycles. The van der Waals surface area contributed by atoms with Crippen LogP contribution in [0, 0.1) is 0 Å². The number of primary amides is 1. The average Bonchev–Trinajstić information content (AvgIpc) is 2.79. The molecule has 1 heterocycles. The normalized spacial score (nSPS) is 10.6. The van der Waals surface area contributed by atoms with E-state index in [1.165, 1.54) is 0 Å². The van der Waals surface area contributed by atoms with Crippen molar-refractivity contribution in [2.75, 3.05) is 7.05 Å². The minimum Gasteiger partial charge on any atom is -0.364 e. The van der Waals surface area contributed by atoms with Crippen molar-refractivity contribution >= 4 is 21.8 Å². The van der Waals surface area contributed by atoms with Crippen LogP contribution in [0.25, 0.3) is 5.69 Å². The molecule has 0 bridgehead atoms. The molecule has 0 radical (unpaired) electrons. The van der Waals surface area contributed by atoms with Gasteiger partial charge in [0.25, 0.3) is 5.91 Å². The minimum atomic E-state index is -0.527. The third kappa shape index (κ3) is 2.60. The lowest BCUT2D eigenvalue weighted by molar-refractivity contribution is 0.0995. The second-order valence-corrected chi connectivity index (χ2v) is 4.73. The molecular formula is C12H13BrN4O. The highest BCUT2D eigenvalue weighted by Crippen LogP contribution is 2.20. The van der Waals surface area contributed by atoms with Gasteiger partial charge in [0.05, 0.1) is 5.69 Å². The Morgan fingerprint density at radius 1 is 1.50 bits per heavy atom. The highest BCUT2D eigenvalue weighted by atomic mass is 79.9. The van der Waals surface area contributed by atoms with Crippen LogP contribution in [-0.2, 0) is 6.54 Å². The molecule has 6 heteroatoms. The number of hydrogen-bond acceptors (Lipinski definition) is 3. The van der Waals surface area contributed by atoms with E-state index >= 15 is 0 Å². The zero-order valence-corrected chi connectivity index (χ0v) is 11.4. The fraction of sp³-hybridized carbons (Fsp3) is 0.167. The van der Waals surface area contributed by atoms with Crippen molar-refractivity contribution in [1.29, 1.82) is 0 Å². The fourth-order valence-corrected chi connectivity index (χ4v) is 2.11. The first-order valence-corrected chi connectivity index (χ1v) is 6.20. The van der Waals surface area contributed by atoms with Crippen LogP contribution in [0.1, 0.15) is 16.1 Å². The van der Waals surface area contributed by atoms with E-state index in [1.807, 2.05) is 25.2 Å². The van der Waals surface area contributed by atoms with Crippen molar-refractivity contribution < 1.29 is 4.79 Å². The van der Waals surface area contributed by atoms with Crippen LogP contribution in [0.2, 0.25) is 0 Å². The fourth-order valence-electron chi connectivity index (χ4n) is 1.70. The third-order valence-corrected chi connectivity index (χ3v) is 2.99. The smallest absolute Gasteiger partial charge is 0.269 e. The lowest BCUT2D eigenvalue weighted by Gasteiger charge is -2.09. The largest absolute Gasteiger partial charge is 0.364 e. The Balaban J connectivity index is 2.45. The van der Waals surface area contributed by atoms with Crippen molar-refractivity contribution in [3.8, 4) is 5.69 Å². The van der Waals surface area contributed by atoms with Crippen LogP contribution < -0.4 is 11.1 Å². The highest BCUT2D eigenvalue weighted by molar-refractivity contribution is 9.10. The molecule has 2 rings (SSSR count). The van der Waals surface area contributed by atoms with E-state index in [4.69, 9.17) is 5.73 Å². The number of nitrogens with zero attached hydrogens (tertiary/aromatic N) is 2. The molecule has 0 atom stereocenters. The number of hydrogen-bond donors (Lipinski definition) is 2. The van der Waals surface area contributed by atoms with Crippen molar-refractivity contribution in [3.05, 3.63) is 46.2 Å². The Morgan fingerprint density at radius 2 is 2.28 bits per heavy atom. The van der Waals surface area contributed by atoms with Crippen molar-refractivity contribution in [1.82, 2.24) is 15.1 Å². The van der Waals surface area contributed by atoms with E-state index < -0.39 is 5.91 Å². The number of halogens is 1. The van der Waals surface area contributed by atoms with Gasteiger partial charge < -0.3 is 11.1 Å². The molecule has 0 aliphatic carbocycles. The number of aromatic nitrogens is 2. The van der Waals surface area contributed by atoms with Gasteiger partial charge in [0.2, 0.25) is 0 Å². The molecule has 0 fully saturated rings. The SMILES string of the molecule is CNCc1cc(Br)ccc1-n1ccc(C(N)=O)n1. The number of carbonyl (C=O) groups excluding carboxylic acids is 1. The quantitative estimate of drug-likeness (QED) is 0.898. The van der Waals surface area contributed by atoms with Gasteiger partial charge in [-0.25, -0.2) is 4.68 Å². The topological polar surface area (TPSA) is 72.9 Å². The summed E-state index contributed by atoms with van der Waals surface area (Å²) in [6.07, 6.45) is 1.72. The number of benzene rings is 1. The Labute approximate surface area is 113 Å². The van der Waals surface area contributed by atoms with E-state index in [9.17, 15) is 4.79 Å². The van der Waals surface area contributed by atoms with E-state index in [0.29, 0.717) is 6.54 Å². The third-order valence-electron chi connectivity index (χ3n) is 2.50. The van der Waals surface area contributed by atoms with Crippen LogP contribution >= 0.6 is 15.9 Å². The molecule has 0 saturated carbocycles. The molecule has 1 amide bonds. The van der Waals surface area contributed by atoms with Crippen LogP contribution in [0.5, 0.6) is 0 Å². The molecule has 0 unspecified atom stereocenters. The van der Waals surface area contributed by atoms with Crippen LogP contribution in [0.4, 0.5) is 0 Å². The molecule has 0 saturated heterocycles. The first-order chi connectivity index (χ1) is 8.61. The van der Waals surface area contributed by atoms with E-state index in [0.717, 1.165) is 15.7 Å². The van der Waals surface area contributed by atoms with E-state index in [2.05, 4.69) is 26.3 Å². The first kappa shape index (κ1) is 12.8. The maximum Gasteiger partial charge on any atom is 0.269 e. The van der Waals surface area contributed by atoms with Gasteiger partial charge in [-0.3, -0.25) is 4.79 Å². The summed E-state index contributed by atoms with van der Waals surface area (Å²) in [5.74, 6) is -0.527. The summed E-state index contributed by atoms with van der Waals surface area (Å²) in [6.45, 7) is 0.709. The molecular weight excluding hydrogens is 296 g/mol. The number of rotatable bonds is 4.